The van der Waals surface area contributed by atoms with Crippen LogP contribution in [0.1, 0.15) is 15.9 Å². The monoisotopic (exact) mass is 263 g/mol. The molecule has 5 heteroatoms. The van der Waals surface area contributed by atoms with E-state index in [1.807, 2.05) is 13.0 Å². The van der Waals surface area contributed by atoms with Crippen LogP contribution in [0.2, 0.25) is 0 Å². The zero-order chi connectivity index (χ0) is 13.7. The molecule has 1 aromatic carbocycles. The first-order valence-corrected chi connectivity index (χ1v) is 6.25. The number of nitrogens with zero attached hydrogens (tertiary/aromatic N) is 1. The number of rotatable bonds is 4. The maximum Gasteiger partial charge on any atom is 0.260 e. The SMILES string of the molecule is Cc1cccc(C=O)c1OCC(=O)N1CCOCC1. The Morgan fingerprint density at radius 3 is 2.84 bits per heavy atom. The van der Waals surface area contributed by atoms with Gasteiger partial charge in [-0.15, -0.1) is 0 Å². The molecule has 0 radical (unpaired) electrons. The summed E-state index contributed by atoms with van der Waals surface area (Å²) in [5.41, 5.74) is 1.31. The number of amides is 1. The Morgan fingerprint density at radius 2 is 2.16 bits per heavy atom. The van der Waals surface area contributed by atoms with E-state index < -0.39 is 0 Å². The lowest BCUT2D eigenvalue weighted by atomic mass is 10.1. The molecule has 1 saturated heterocycles. The Morgan fingerprint density at radius 1 is 1.42 bits per heavy atom. The largest absolute Gasteiger partial charge is 0.483 e. The van der Waals surface area contributed by atoms with Gasteiger partial charge in [-0.2, -0.15) is 0 Å². The zero-order valence-corrected chi connectivity index (χ0v) is 10.9. The van der Waals surface area contributed by atoms with E-state index in [1.165, 1.54) is 0 Å². The van der Waals surface area contributed by atoms with Gasteiger partial charge < -0.3 is 14.4 Å². The molecule has 0 N–H and O–H groups in total. The lowest BCUT2D eigenvalue weighted by Crippen LogP contribution is -2.43. The summed E-state index contributed by atoms with van der Waals surface area (Å²) in [6.45, 7) is 4.12. The topological polar surface area (TPSA) is 55.8 Å². The van der Waals surface area contributed by atoms with E-state index in [9.17, 15) is 9.59 Å². The van der Waals surface area contributed by atoms with E-state index in [0.29, 0.717) is 37.6 Å². The second-order valence-corrected chi connectivity index (χ2v) is 4.39. The number of benzene rings is 1. The quantitative estimate of drug-likeness (QED) is 0.762. The number of aldehydes is 1. The molecule has 0 atom stereocenters. The Kier molecular flexibility index (Phi) is 4.52. The Labute approximate surface area is 112 Å². The highest BCUT2D eigenvalue weighted by Crippen LogP contribution is 2.21. The summed E-state index contributed by atoms with van der Waals surface area (Å²) in [4.78, 5) is 24.6. The normalized spacial score (nSPS) is 15.1. The van der Waals surface area contributed by atoms with Gasteiger partial charge in [0, 0.05) is 13.1 Å². The van der Waals surface area contributed by atoms with Gasteiger partial charge in [-0.05, 0) is 18.6 Å². The molecule has 0 aliphatic carbocycles. The minimum atomic E-state index is -0.0802. The number of morpholine rings is 1. The van der Waals surface area contributed by atoms with Gasteiger partial charge in [0.15, 0.2) is 12.9 Å². The first-order chi connectivity index (χ1) is 9.22. The Bertz CT molecular complexity index is 467. The molecule has 1 aliphatic heterocycles. The van der Waals surface area contributed by atoms with Crippen molar-refractivity contribution in [3.05, 3.63) is 29.3 Å². The highest BCUT2D eigenvalue weighted by Gasteiger charge is 2.18. The molecular weight excluding hydrogens is 246 g/mol. The second-order valence-electron chi connectivity index (χ2n) is 4.39. The molecule has 2 rings (SSSR count). The lowest BCUT2D eigenvalue weighted by Gasteiger charge is -2.26. The third-order valence-corrected chi connectivity index (χ3v) is 3.07. The third kappa shape index (κ3) is 3.32. The summed E-state index contributed by atoms with van der Waals surface area (Å²) in [5.74, 6) is 0.405. The molecule has 5 nitrogen and oxygen atoms in total. The molecule has 0 aromatic heterocycles. The summed E-state index contributed by atoms with van der Waals surface area (Å²) in [5, 5.41) is 0. The van der Waals surface area contributed by atoms with E-state index in [1.54, 1.807) is 17.0 Å². The smallest absolute Gasteiger partial charge is 0.260 e. The number of ether oxygens (including phenoxy) is 2. The number of para-hydroxylation sites is 1. The molecular formula is C14H17NO4. The second kappa shape index (κ2) is 6.33. The van der Waals surface area contributed by atoms with Crippen LogP contribution < -0.4 is 4.74 Å². The third-order valence-electron chi connectivity index (χ3n) is 3.07. The summed E-state index contributed by atoms with van der Waals surface area (Å²) in [7, 11) is 0. The van der Waals surface area contributed by atoms with Crippen LogP contribution in [-0.4, -0.2) is 50.0 Å². The molecule has 1 aliphatic rings. The van der Waals surface area contributed by atoms with Gasteiger partial charge >= 0.3 is 0 Å². The van der Waals surface area contributed by atoms with Crippen LogP contribution in [0.5, 0.6) is 5.75 Å². The number of aryl methyl sites for hydroxylation is 1. The van der Waals surface area contributed by atoms with Crippen LogP contribution in [0.15, 0.2) is 18.2 Å². The van der Waals surface area contributed by atoms with E-state index in [-0.39, 0.29) is 12.5 Å². The van der Waals surface area contributed by atoms with Gasteiger partial charge in [0.2, 0.25) is 0 Å². The average molecular weight is 263 g/mol. The number of carbonyl (C=O) groups excluding carboxylic acids is 2. The summed E-state index contributed by atoms with van der Waals surface area (Å²) in [6, 6.07) is 5.31. The van der Waals surface area contributed by atoms with Crippen molar-refractivity contribution in [3.63, 3.8) is 0 Å². The van der Waals surface area contributed by atoms with Crippen molar-refractivity contribution in [1.29, 1.82) is 0 Å². The maximum atomic E-state index is 11.9. The molecule has 1 fully saturated rings. The average Bonchev–Trinajstić information content (AvgIpc) is 2.46. The van der Waals surface area contributed by atoms with Crippen LogP contribution in [-0.2, 0) is 9.53 Å². The van der Waals surface area contributed by atoms with Crippen LogP contribution >= 0.6 is 0 Å². The van der Waals surface area contributed by atoms with E-state index in [0.717, 1.165) is 11.8 Å². The van der Waals surface area contributed by atoms with Gasteiger partial charge in [0.1, 0.15) is 5.75 Å². The number of hydrogen-bond acceptors (Lipinski definition) is 4. The van der Waals surface area contributed by atoms with Gasteiger partial charge in [-0.3, -0.25) is 9.59 Å². The van der Waals surface area contributed by atoms with Crippen molar-refractivity contribution >= 4 is 12.2 Å². The molecule has 102 valence electrons. The maximum absolute atomic E-state index is 11.9. The predicted octanol–water partition coefficient (Wildman–Crippen LogP) is 1.05. The minimum absolute atomic E-state index is 0.0499. The predicted molar refractivity (Wildman–Crippen MR) is 69.5 cm³/mol. The Hall–Kier alpha value is -1.88. The standard InChI is InChI=1S/C14H17NO4/c1-11-3-2-4-12(9-16)14(11)19-10-13(17)15-5-7-18-8-6-15/h2-4,9H,5-8,10H2,1H3. The van der Waals surface area contributed by atoms with Crippen LogP contribution in [0.25, 0.3) is 0 Å². The van der Waals surface area contributed by atoms with Crippen LogP contribution in [0.4, 0.5) is 0 Å². The summed E-state index contributed by atoms with van der Waals surface area (Å²) in [6.07, 6.45) is 0.738. The Balaban J connectivity index is 1.98. The van der Waals surface area contributed by atoms with Crippen molar-refractivity contribution in [2.24, 2.45) is 0 Å². The fourth-order valence-corrected chi connectivity index (χ4v) is 2.00. The van der Waals surface area contributed by atoms with Crippen LogP contribution in [0.3, 0.4) is 0 Å². The van der Waals surface area contributed by atoms with Crippen molar-refractivity contribution < 1.29 is 19.1 Å². The van der Waals surface area contributed by atoms with Crippen molar-refractivity contribution in [3.8, 4) is 5.75 Å². The molecule has 0 saturated carbocycles. The number of hydrogen-bond donors (Lipinski definition) is 0. The van der Waals surface area contributed by atoms with Crippen molar-refractivity contribution in [2.75, 3.05) is 32.9 Å². The van der Waals surface area contributed by atoms with E-state index in [2.05, 4.69) is 0 Å². The fourth-order valence-electron chi connectivity index (χ4n) is 2.00. The first kappa shape index (κ1) is 13.5. The molecule has 0 spiro atoms. The first-order valence-electron chi connectivity index (χ1n) is 6.25. The van der Waals surface area contributed by atoms with Crippen LogP contribution in [0, 0.1) is 6.92 Å². The molecule has 0 bridgehead atoms. The number of carbonyl (C=O) groups is 2. The van der Waals surface area contributed by atoms with Gasteiger partial charge in [-0.1, -0.05) is 12.1 Å². The molecule has 1 aromatic rings. The van der Waals surface area contributed by atoms with E-state index in [4.69, 9.17) is 9.47 Å². The summed E-state index contributed by atoms with van der Waals surface area (Å²) < 4.78 is 10.7. The zero-order valence-electron chi connectivity index (χ0n) is 10.9. The lowest BCUT2D eigenvalue weighted by molar-refractivity contribution is -0.137. The van der Waals surface area contributed by atoms with Crippen molar-refractivity contribution in [1.82, 2.24) is 4.90 Å². The molecule has 19 heavy (non-hydrogen) atoms. The highest BCUT2D eigenvalue weighted by atomic mass is 16.5. The molecule has 1 heterocycles. The van der Waals surface area contributed by atoms with Gasteiger partial charge in [0.05, 0.1) is 18.8 Å². The van der Waals surface area contributed by atoms with E-state index >= 15 is 0 Å². The highest BCUT2D eigenvalue weighted by molar-refractivity contribution is 5.81. The molecule has 1 amide bonds. The summed E-state index contributed by atoms with van der Waals surface area (Å²) >= 11 is 0. The fraction of sp³-hybridized carbons (Fsp3) is 0.429. The van der Waals surface area contributed by atoms with Gasteiger partial charge in [-0.25, -0.2) is 0 Å². The molecule has 0 unspecified atom stereocenters. The minimum Gasteiger partial charge on any atom is -0.483 e. The van der Waals surface area contributed by atoms with Crippen molar-refractivity contribution in [2.45, 2.75) is 6.92 Å². The van der Waals surface area contributed by atoms with Gasteiger partial charge in [0.25, 0.3) is 5.91 Å².